The van der Waals surface area contributed by atoms with Gasteiger partial charge >= 0.3 is 0 Å². The van der Waals surface area contributed by atoms with Crippen molar-refractivity contribution in [2.75, 3.05) is 6.54 Å². The number of rotatable bonds is 7. The van der Waals surface area contributed by atoms with Crippen molar-refractivity contribution in [2.45, 2.75) is 45.4 Å². The number of unbranched alkanes of at least 4 members (excludes halogenated alkanes) is 2. The van der Waals surface area contributed by atoms with Crippen LogP contribution in [0.2, 0.25) is 0 Å². The number of nitrogens with two attached hydrogens (primary N) is 1. The van der Waals surface area contributed by atoms with Gasteiger partial charge < -0.3 is 5.73 Å². The van der Waals surface area contributed by atoms with Crippen LogP contribution in [0.25, 0.3) is 0 Å². The van der Waals surface area contributed by atoms with Crippen LogP contribution in [0, 0.1) is 0 Å². The van der Waals surface area contributed by atoms with Crippen LogP contribution in [0.3, 0.4) is 0 Å². The third-order valence-corrected chi connectivity index (χ3v) is 2.17. The Morgan fingerprint density at radius 1 is 1.21 bits per heavy atom. The minimum atomic E-state index is 0.787. The van der Waals surface area contributed by atoms with E-state index in [1.165, 1.54) is 6.42 Å². The highest BCUT2D eigenvalue weighted by atomic mass is 15.2. The summed E-state index contributed by atoms with van der Waals surface area (Å²) in [6, 6.07) is 0. The van der Waals surface area contributed by atoms with Crippen LogP contribution in [-0.4, -0.2) is 21.7 Å². The minimum absolute atomic E-state index is 0.787. The van der Waals surface area contributed by atoms with Crippen LogP contribution in [-0.2, 0) is 12.8 Å². The van der Waals surface area contributed by atoms with E-state index in [1.54, 1.807) is 0 Å². The molecule has 0 fully saturated rings. The highest BCUT2D eigenvalue weighted by molar-refractivity contribution is 4.90. The van der Waals surface area contributed by atoms with Gasteiger partial charge in [0.05, 0.1) is 0 Å². The topological polar surface area (TPSA) is 67.6 Å². The third kappa shape index (κ3) is 3.87. The van der Waals surface area contributed by atoms with Crippen molar-refractivity contribution >= 4 is 0 Å². The van der Waals surface area contributed by atoms with Gasteiger partial charge in [0.2, 0.25) is 0 Å². The maximum absolute atomic E-state index is 5.41. The molecule has 14 heavy (non-hydrogen) atoms. The van der Waals surface area contributed by atoms with Crippen molar-refractivity contribution in [3.05, 3.63) is 11.6 Å². The molecule has 4 nitrogen and oxygen atoms in total. The zero-order valence-electron chi connectivity index (χ0n) is 8.92. The number of aromatic amines is 1. The van der Waals surface area contributed by atoms with Gasteiger partial charge in [-0.3, -0.25) is 5.10 Å². The predicted octanol–water partition coefficient (Wildman–Crippen LogP) is 1.43. The number of aromatic nitrogens is 3. The summed E-state index contributed by atoms with van der Waals surface area (Å²) in [6.07, 6.45) is 6.50. The Hall–Kier alpha value is -0.900. The molecule has 0 saturated heterocycles. The molecule has 1 rings (SSSR count). The summed E-state index contributed by atoms with van der Waals surface area (Å²) in [5, 5.41) is 7.13. The first-order chi connectivity index (χ1) is 6.86. The molecule has 0 unspecified atom stereocenters. The van der Waals surface area contributed by atoms with Gasteiger partial charge in [0.25, 0.3) is 0 Å². The molecule has 1 aromatic rings. The number of nitrogens with one attached hydrogen (secondary N) is 1. The lowest BCUT2D eigenvalue weighted by atomic mass is 10.2. The van der Waals surface area contributed by atoms with E-state index in [0.29, 0.717) is 0 Å². The molecule has 0 aliphatic heterocycles. The first-order valence-electron chi connectivity index (χ1n) is 5.47. The van der Waals surface area contributed by atoms with Gasteiger partial charge in [0.15, 0.2) is 5.82 Å². The predicted molar refractivity (Wildman–Crippen MR) is 57.0 cm³/mol. The van der Waals surface area contributed by atoms with E-state index in [0.717, 1.165) is 50.3 Å². The highest BCUT2D eigenvalue weighted by Crippen LogP contribution is 2.02. The summed E-state index contributed by atoms with van der Waals surface area (Å²) in [4.78, 5) is 4.40. The molecule has 0 aliphatic rings. The average Bonchev–Trinajstić information content (AvgIpc) is 2.61. The van der Waals surface area contributed by atoms with Crippen molar-refractivity contribution in [1.29, 1.82) is 0 Å². The fourth-order valence-corrected chi connectivity index (χ4v) is 1.40. The third-order valence-electron chi connectivity index (χ3n) is 2.17. The molecular weight excluding hydrogens is 176 g/mol. The van der Waals surface area contributed by atoms with Crippen molar-refractivity contribution < 1.29 is 0 Å². The number of aryl methyl sites for hydroxylation is 2. The summed E-state index contributed by atoms with van der Waals surface area (Å²) in [6.45, 7) is 2.93. The number of hydrogen-bond acceptors (Lipinski definition) is 3. The summed E-state index contributed by atoms with van der Waals surface area (Å²) < 4.78 is 0. The maximum Gasteiger partial charge on any atom is 0.150 e. The molecule has 0 bridgehead atoms. The van der Waals surface area contributed by atoms with Crippen molar-refractivity contribution in [3.8, 4) is 0 Å². The lowest BCUT2D eigenvalue weighted by Gasteiger charge is -1.94. The van der Waals surface area contributed by atoms with Crippen molar-refractivity contribution in [1.82, 2.24) is 15.2 Å². The Morgan fingerprint density at radius 2 is 2.07 bits per heavy atom. The zero-order valence-corrected chi connectivity index (χ0v) is 8.92. The van der Waals surface area contributed by atoms with E-state index >= 15 is 0 Å². The average molecular weight is 196 g/mol. The molecule has 0 spiro atoms. The van der Waals surface area contributed by atoms with Gasteiger partial charge in [-0.15, -0.1) is 0 Å². The van der Waals surface area contributed by atoms with Gasteiger partial charge in [-0.05, 0) is 25.8 Å². The van der Waals surface area contributed by atoms with Crippen molar-refractivity contribution in [3.63, 3.8) is 0 Å². The molecule has 0 amide bonds. The first-order valence-corrected chi connectivity index (χ1v) is 5.47. The largest absolute Gasteiger partial charge is 0.330 e. The smallest absolute Gasteiger partial charge is 0.150 e. The maximum atomic E-state index is 5.41. The van der Waals surface area contributed by atoms with E-state index in [2.05, 4.69) is 22.1 Å². The monoisotopic (exact) mass is 196 g/mol. The molecule has 0 radical (unpaired) electrons. The molecule has 0 aliphatic carbocycles. The summed E-state index contributed by atoms with van der Waals surface area (Å²) in [7, 11) is 0. The van der Waals surface area contributed by atoms with E-state index in [9.17, 15) is 0 Å². The highest BCUT2D eigenvalue weighted by Gasteiger charge is 2.01. The van der Waals surface area contributed by atoms with Gasteiger partial charge in [0.1, 0.15) is 5.82 Å². The molecule has 0 atom stereocenters. The lowest BCUT2D eigenvalue weighted by molar-refractivity contribution is 0.670. The number of hydrogen-bond donors (Lipinski definition) is 2. The minimum Gasteiger partial charge on any atom is -0.330 e. The normalized spacial score (nSPS) is 10.7. The first kappa shape index (κ1) is 11.2. The van der Waals surface area contributed by atoms with Crippen LogP contribution in [0.15, 0.2) is 0 Å². The van der Waals surface area contributed by atoms with Gasteiger partial charge in [0, 0.05) is 12.8 Å². The van der Waals surface area contributed by atoms with Gasteiger partial charge in [-0.1, -0.05) is 13.3 Å². The molecule has 3 N–H and O–H groups in total. The van der Waals surface area contributed by atoms with Crippen molar-refractivity contribution in [2.24, 2.45) is 5.73 Å². The van der Waals surface area contributed by atoms with Crippen LogP contribution >= 0.6 is 0 Å². The van der Waals surface area contributed by atoms with E-state index in [-0.39, 0.29) is 0 Å². The second-order valence-corrected chi connectivity index (χ2v) is 3.55. The Balaban J connectivity index is 2.22. The quantitative estimate of drug-likeness (QED) is 0.648. The molecule has 1 aromatic heterocycles. The number of nitrogens with zero attached hydrogens (tertiary/aromatic N) is 2. The summed E-state index contributed by atoms with van der Waals surface area (Å²) in [5.41, 5.74) is 5.41. The standard InChI is InChI=1S/C10H20N4/c1-2-6-9-12-10(14-13-9)7-4-3-5-8-11/h2-8,11H2,1H3,(H,12,13,14). The fourth-order valence-electron chi connectivity index (χ4n) is 1.40. The van der Waals surface area contributed by atoms with Crippen LogP contribution in [0.5, 0.6) is 0 Å². The van der Waals surface area contributed by atoms with E-state index in [1.807, 2.05) is 0 Å². The summed E-state index contributed by atoms with van der Waals surface area (Å²) >= 11 is 0. The van der Waals surface area contributed by atoms with Crippen LogP contribution in [0.1, 0.15) is 44.3 Å². The lowest BCUT2D eigenvalue weighted by Crippen LogP contribution is -1.98. The Labute approximate surface area is 85.3 Å². The van der Waals surface area contributed by atoms with E-state index < -0.39 is 0 Å². The van der Waals surface area contributed by atoms with Gasteiger partial charge in [-0.25, -0.2) is 4.98 Å². The van der Waals surface area contributed by atoms with Crippen LogP contribution < -0.4 is 5.73 Å². The number of H-pyrrole nitrogens is 1. The summed E-state index contributed by atoms with van der Waals surface area (Å²) in [5.74, 6) is 1.96. The zero-order chi connectivity index (χ0) is 10.2. The molecular formula is C10H20N4. The van der Waals surface area contributed by atoms with Crippen LogP contribution in [0.4, 0.5) is 0 Å². The molecule has 4 heteroatoms. The van der Waals surface area contributed by atoms with E-state index in [4.69, 9.17) is 5.73 Å². The second-order valence-electron chi connectivity index (χ2n) is 3.55. The molecule has 1 heterocycles. The molecule has 80 valence electrons. The fraction of sp³-hybridized carbons (Fsp3) is 0.800. The Bertz CT molecular complexity index is 244. The SMILES string of the molecule is CCCc1nc(CCCCCN)n[nH]1. The molecule has 0 saturated carbocycles. The van der Waals surface area contributed by atoms with Gasteiger partial charge in [-0.2, -0.15) is 5.10 Å². The second kappa shape index (κ2) is 6.54. The Morgan fingerprint density at radius 3 is 2.79 bits per heavy atom. The molecule has 0 aromatic carbocycles. The Kier molecular flexibility index (Phi) is 5.22.